The smallest absolute Gasteiger partial charge is 0.191 e. The zero-order chi connectivity index (χ0) is 13.2. The molecule has 2 N–H and O–H groups in total. The third kappa shape index (κ3) is 6.21. The van der Waals surface area contributed by atoms with Crippen molar-refractivity contribution in [1.82, 2.24) is 15.5 Å². The second-order valence-electron chi connectivity index (χ2n) is 4.54. The predicted octanol–water partition coefficient (Wildman–Crippen LogP) is 0.672. The molecule has 1 aliphatic carbocycles. The van der Waals surface area contributed by atoms with Crippen LogP contribution >= 0.6 is 0 Å². The van der Waals surface area contributed by atoms with E-state index in [-0.39, 0.29) is 0 Å². The molecule has 0 aromatic heterocycles. The van der Waals surface area contributed by atoms with Crippen molar-refractivity contribution in [3.05, 3.63) is 0 Å². The Hall–Kier alpha value is -0.810. The molecule has 0 aromatic carbocycles. The Bertz CT molecular complexity index is 241. The van der Waals surface area contributed by atoms with Gasteiger partial charge < -0.3 is 15.4 Å². The molecule has 0 atom stereocenters. The first-order chi connectivity index (χ1) is 8.81. The van der Waals surface area contributed by atoms with Crippen molar-refractivity contribution in [2.45, 2.75) is 32.7 Å². The van der Waals surface area contributed by atoms with Crippen LogP contribution in [-0.2, 0) is 4.74 Å². The van der Waals surface area contributed by atoms with Crippen LogP contribution in [0.3, 0.4) is 0 Å². The van der Waals surface area contributed by atoms with Crippen LogP contribution in [0.4, 0.5) is 0 Å². The van der Waals surface area contributed by atoms with Gasteiger partial charge in [-0.25, -0.2) is 0 Å². The number of aliphatic imine (C=N–C) groups is 1. The second-order valence-corrected chi connectivity index (χ2v) is 4.54. The van der Waals surface area contributed by atoms with Crippen molar-refractivity contribution in [2.75, 3.05) is 46.4 Å². The van der Waals surface area contributed by atoms with Gasteiger partial charge in [0.2, 0.25) is 0 Å². The first-order valence-electron chi connectivity index (χ1n) is 7.07. The monoisotopic (exact) mass is 256 g/mol. The Labute approximate surface area is 111 Å². The maximum absolute atomic E-state index is 5.02. The third-order valence-electron chi connectivity index (χ3n) is 3.07. The zero-order valence-corrected chi connectivity index (χ0v) is 12.0. The van der Waals surface area contributed by atoms with Crippen molar-refractivity contribution >= 4 is 5.96 Å². The van der Waals surface area contributed by atoms with Crippen LogP contribution in [0.1, 0.15) is 26.7 Å². The van der Waals surface area contributed by atoms with E-state index in [4.69, 9.17) is 4.74 Å². The number of methoxy groups -OCH3 is 1. The molecule has 0 radical (unpaired) electrons. The first-order valence-corrected chi connectivity index (χ1v) is 7.07. The lowest BCUT2D eigenvalue weighted by molar-refractivity contribution is 0.203. The summed E-state index contributed by atoms with van der Waals surface area (Å²) in [5.41, 5.74) is 0. The Morgan fingerprint density at radius 3 is 2.67 bits per heavy atom. The lowest BCUT2D eigenvalue weighted by atomic mass is 10.4. The quantitative estimate of drug-likeness (QED) is 0.362. The predicted molar refractivity (Wildman–Crippen MR) is 76.1 cm³/mol. The van der Waals surface area contributed by atoms with E-state index in [0.717, 1.165) is 44.7 Å². The first kappa shape index (κ1) is 15.2. The SMILES string of the molecule is CCNC(=NCCN(CC)C1CC1)NCCOC. The number of rotatable bonds is 9. The Morgan fingerprint density at radius 1 is 1.33 bits per heavy atom. The maximum Gasteiger partial charge on any atom is 0.191 e. The van der Waals surface area contributed by atoms with Gasteiger partial charge in [-0.1, -0.05) is 6.92 Å². The number of guanidine groups is 1. The Morgan fingerprint density at radius 2 is 2.11 bits per heavy atom. The minimum Gasteiger partial charge on any atom is -0.383 e. The van der Waals surface area contributed by atoms with Crippen LogP contribution < -0.4 is 10.6 Å². The lowest BCUT2D eigenvalue weighted by Gasteiger charge is -2.18. The van der Waals surface area contributed by atoms with Crippen molar-refractivity contribution < 1.29 is 4.74 Å². The summed E-state index contributed by atoms with van der Waals surface area (Å²) in [5, 5.41) is 6.50. The van der Waals surface area contributed by atoms with Crippen molar-refractivity contribution in [3.63, 3.8) is 0 Å². The summed E-state index contributed by atoms with van der Waals surface area (Å²) in [6.07, 6.45) is 2.73. The normalized spacial score (nSPS) is 16.1. The average Bonchev–Trinajstić information content (AvgIpc) is 3.19. The van der Waals surface area contributed by atoms with E-state index < -0.39 is 0 Å². The molecular weight excluding hydrogens is 228 g/mol. The Kier molecular flexibility index (Phi) is 7.76. The summed E-state index contributed by atoms with van der Waals surface area (Å²) < 4.78 is 5.02. The van der Waals surface area contributed by atoms with E-state index in [1.165, 1.54) is 12.8 Å². The van der Waals surface area contributed by atoms with E-state index in [0.29, 0.717) is 6.61 Å². The molecule has 0 saturated heterocycles. The van der Waals surface area contributed by atoms with Gasteiger partial charge in [0.05, 0.1) is 13.2 Å². The highest BCUT2D eigenvalue weighted by atomic mass is 16.5. The third-order valence-corrected chi connectivity index (χ3v) is 3.07. The fraction of sp³-hybridized carbons (Fsp3) is 0.923. The number of nitrogens with zero attached hydrogens (tertiary/aromatic N) is 2. The largest absolute Gasteiger partial charge is 0.383 e. The second kappa shape index (κ2) is 9.16. The number of hydrogen-bond donors (Lipinski definition) is 2. The van der Waals surface area contributed by atoms with Gasteiger partial charge in [-0.3, -0.25) is 9.89 Å². The molecule has 0 heterocycles. The molecule has 18 heavy (non-hydrogen) atoms. The minimum atomic E-state index is 0.702. The molecule has 1 saturated carbocycles. The molecule has 1 aliphatic rings. The van der Waals surface area contributed by atoms with Crippen molar-refractivity contribution in [2.24, 2.45) is 4.99 Å². The topological polar surface area (TPSA) is 48.9 Å². The van der Waals surface area contributed by atoms with E-state index in [1.54, 1.807) is 7.11 Å². The van der Waals surface area contributed by atoms with Gasteiger partial charge in [-0.15, -0.1) is 0 Å². The van der Waals surface area contributed by atoms with Crippen LogP contribution in [0.2, 0.25) is 0 Å². The summed E-state index contributed by atoms with van der Waals surface area (Å²) >= 11 is 0. The maximum atomic E-state index is 5.02. The number of hydrogen-bond acceptors (Lipinski definition) is 3. The van der Waals surface area contributed by atoms with E-state index in [9.17, 15) is 0 Å². The molecule has 0 aliphatic heterocycles. The van der Waals surface area contributed by atoms with Gasteiger partial charge in [0.1, 0.15) is 0 Å². The molecule has 1 fully saturated rings. The average molecular weight is 256 g/mol. The van der Waals surface area contributed by atoms with Crippen molar-refractivity contribution in [1.29, 1.82) is 0 Å². The van der Waals surface area contributed by atoms with Crippen molar-refractivity contribution in [3.8, 4) is 0 Å². The zero-order valence-electron chi connectivity index (χ0n) is 12.0. The molecule has 106 valence electrons. The lowest BCUT2D eigenvalue weighted by Crippen LogP contribution is -2.39. The summed E-state index contributed by atoms with van der Waals surface area (Å²) in [4.78, 5) is 7.10. The molecule has 5 heteroatoms. The molecule has 0 spiro atoms. The fourth-order valence-electron chi connectivity index (χ4n) is 1.94. The van der Waals surface area contributed by atoms with Gasteiger partial charge in [0.25, 0.3) is 0 Å². The number of likely N-dealkylation sites (N-methyl/N-ethyl adjacent to an activating group) is 1. The molecule has 0 unspecified atom stereocenters. The molecule has 0 amide bonds. The highest BCUT2D eigenvalue weighted by Crippen LogP contribution is 2.25. The van der Waals surface area contributed by atoms with Crippen LogP contribution in [0.15, 0.2) is 4.99 Å². The van der Waals surface area contributed by atoms with E-state index in [2.05, 4.69) is 34.4 Å². The number of nitrogens with one attached hydrogen (secondary N) is 2. The van der Waals surface area contributed by atoms with Gasteiger partial charge in [0.15, 0.2) is 5.96 Å². The van der Waals surface area contributed by atoms with Crippen LogP contribution in [0.5, 0.6) is 0 Å². The van der Waals surface area contributed by atoms with E-state index in [1.807, 2.05) is 0 Å². The number of ether oxygens (including phenoxy) is 1. The van der Waals surface area contributed by atoms with Gasteiger partial charge in [-0.2, -0.15) is 0 Å². The van der Waals surface area contributed by atoms with Gasteiger partial charge >= 0.3 is 0 Å². The fourth-order valence-corrected chi connectivity index (χ4v) is 1.94. The van der Waals surface area contributed by atoms with Gasteiger partial charge in [0, 0.05) is 32.8 Å². The molecule has 0 aromatic rings. The van der Waals surface area contributed by atoms with Gasteiger partial charge in [-0.05, 0) is 26.3 Å². The van der Waals surface area contributed by atoms with E-state index >= 15 is 0 Å². The molecular formula is C13H28N4O. The minimum absolute atomic E-state index is 0.702. The standard InChI is InChI=1S/C13H28N4O/c1-4-14-13(16-9-11-18-3)15-8-10-17(5-2)12-6-7-12/h12H,4-11H2,1-3H3,(H2,14,15,16). The highest BCUT2D eigenvalue weighted by Gasteiger charge is 2.26. The molecule has 5 nitrogen and oxygen atoms in total. The van der Waals surface area contributed by atoms with Crippen LogP contribution in [-0.4, -0.2) is 63.3 Å². The highest BCUT2D eigenvalue weighted by molar-refractivity contribution is 5.79. The Balaban J connectivity index is 2.24. The summed E-state index contributed by atoms with van der Waals surface area (Å²) in [6, 6.07) is 0.828. The van der Waals surface area contributed by atoms with Crippen LogP contribution in [0, 0.1) is 0 Å². The van der Waals surface area contributed by atoms with Crippen LogP contribution in [0.25, 0.3) is 0 Å². The summed E-state index contributed by atoms with van der Waals surface area (Å²) in [6.45, 7) is 9.73. The molecule has 0 bridgehead atoms. The molecule has 1 rings (SSSR count). The summed E-state index contributed by atoms with van der Waals surface area (Å²) in [7, 11) is 1.71. The summed E-state index contributed by atoms with van der Waals surface area (Å²) in [5.74, 6) is 0.890.